The van der Waals surface area contributed by atoms with Crippen molar-refractivity contribution in [3.8, 4) is 0 Å². The molecule has 4 rings (SSSR count). The first-order chi connectivity index (χ1) is 13.2. The third-order valence-corrected chi connectivity index (χ3v) is 5.33. The first-order valence-corrected chi connectivity index (χ1v) is 9.77. The summed E-state index contributed by atoms with van der Waals surface area (Å²) in [6, 6.07) is 7.90. The number of hydrogen-bond acceptors (Lipinski definition) is 5. The van der Waals surface area contributed by atoms with Gasteiger partial charge in [-0.1, -0.05) is 11.6 Å². The van der Waals surface area contributed by atoms with Crippen molar-refractivity contribution < 1.29 is 14.3 Å². The van der Waals surface area contributed by atoms with Gasteiger partial charge in [0.2, 0.25) is 0 Å². The van der Waals surface area contributed by atoms with Gasteiger partial charge in [0.05, 0.1) is 30.4 Å². The summed E-state index contributed by atoms with van der Waals surface area (Å²) in [6.07, 6.45) is 2.64. The minimum atomic E-state index is 0.0457. The van der Waals surface area contributed by atoms with Crippen LogP contribution in [0.15, 0.2) is 30.5 Å². The van der Waals surface area contributed by atoms with Gasteiger partial charge in [0, 0.05) is 50.9 Å². The molecule has 2 fully saturated rings. The Bertz CT molecular complexity index is 804. The Kier molecular flexibility index (Phi) is 5.66. The Labute approximate surface area is 160 Å². The van der Waals surface area contributed by atoms with Gasteiger partial charge >= 0.3 is 0 Å². The van der Waals surface area contributed by atoms with Crippen LogP contribution in [0.4, 0.5) is 0 Å². The third kappa shape index (κ3) is 4.29. The highest BCUT2D eigenvalue weighted by Crippen LogP contribution is 2.21. The van der Waals surface area contributed by atoms with Crippen LogP contribution < -0.4 is 0 Å². The molecule has 1 amide bonds. The molecule has 0 bridgehead atoms. The lowest BCUT2D eigenvalue weighted by atomic mass is 10.1. The molecule has 3 heterocycles. The largest absolute Gasteiger partial charge is 0.379 e. The number of carbonyl (C=O) groups is 1. The Morgan fingerprint density at radius 3 is 2.89 bits per heavy atom. The van der Waals surface area contributed by atoms with Gasteiger partial charge in [-0.25, -0.2) is 0 Å². The summed E-state index contributed by atoms with van der Waals surface area (Å²) >= 11 is 0. The average Bonchev–Trinajstić information content (AvgIpc) is 2.93. The number of rotatable bonds is 3. The van der Waals surface area contributed by atoms with Crippen LogP contribution >= 0.6 is 0 Å². The van der Waals surface area contributed by atoms with Crippen LogP contribution in [0, 0.1) is 6.92 Å². The summed E-state index contributed by atoms with van der Waals surface area (Å²) < 4.78 is 11.5. The molecule has 0 aliphatic carbocycles. The lowest BCUT2D eigenvalue weighted by Crippen LogP contribution is -2.45. The smallest absolute Gasteiger partial charge is 0.254 e. The van der Waals surface area contributed by atoms with E-state index in [1.807, 2.05) is 30.0 Å². The highest BCUT2D eigenvalue weighted by Gasteiger charge is 2.26. The summed E-state index contributed by atoms with van der Waals surface area (Å²) in [4.78, 5) is 22.1. The predicted octanol–water partition coefficient (Wildman–Crippen LogP) is 2.11. The number of amides is 1. The van der Waals surface area contributed by atoms with E-state index in [0.717, 1.165) is 67.8 Å². The monoisotopic (exact) mass is 369 g/mol. The zero-order chi connectivity index (χ0) is 18.6. The van der Waals surface area contributed by atoms with Gasteiger partial charge in [0.25, 0.3) is 5.91 Å². The van der Waals surface area contributed by atoms with E-state index in [-0.39, 0.29) is 12.0 Å². The molecule has 6 heteroatoms. The first kappa shape index (κ1) is 18.3. The van der Waals surface area contributed by atoms with Crippen molar-refractivity contribution in [1.82, 2.24) is 14.8 Å². The van der Waals surface area contributed by atoms with Gasteiger partial charge in [-0.3, -0.25) is 14.7 Å². The minimum Gasteiger partial charge on any atom is -0.379 e. The number of morpholine rings is 1. The van der Waals surface area contributed by atoms with E-state index < -0.39 is 0 Å². The van der Waals surface area contributed by atoms with E-state index in [1.165, 1.54) is 0 Å². The maximum absolute atomic E-state index is 13.3. The van der Waals surface area contributed by atoms with E-state index in [4.69, 9.17) is 9.47 Å². The third-order valence-electron chi connectivity index (χ3n) is 5.33. The van der Waals surface area contributed by atoms with Crippen molar-refractivity contribution in [2.45, 2.75) is 19.4 Å². The number of hydrogen-bond donors (Lipinski definition) is 0. The molecule has 0 spiro atoms. The molecule has 0 N–H and O–H groups in total. The Hall–Kier alpha value is -2.02. The molecule has 0 saturated carbocycles. The Balaban J connectivity index is 1.52. The molecule has 6 nitrogen and oxygen atoms in total. The standard InChI is InChI=1S/C21H27N3O3/c1-16-3-4-20-19(13-16)18(5-6-22-20)21(25)24-7-2-10-27-17(15-24)14-23-8-11-26-12-9-23/h3-6,13,17H,2,7-12,14-15H2,1H3. The van der Waals surface area contributed by atoms with Crippen molar-refractivity contribution in [3.63, 3.8) is 0 Å². The van der Waals surface area contributed by atoms with E-state index in [0.29, 0.717) is 13.2 Å². The number of pyridine rings is 1. The van der Waals surface area contributed by atoms with Gasteiger partial charge in [-0.2, -0.15) is 0 Å². The van der Waals surface area contributed by atoms with Gasteiger partial charge in [0.15, 0.2) is 0 Å². The normalized spacial score (nSPS) is 22.0. The molecule has 2 aliphatic heterocycles. The fourth-order valence-electron chi connectivity index (χ4n) is 3.88. The number of benzene rings is 1. The number of fused-ring (bicyclic) bond motifs is 1. The predicted molar refractivity (Wildman–Crippen MR) is 104 cm³/mol. The molecule has 1 unspecified atom stereocenters. The van der Waals surface area contributed by atoms with Crippen LogP contribution in [0.3, 0.4) is 0 Å². The lowest BCUT2D eigenvalue weighted by molar-refractivity contribution is -0.0112. The van der Waals surface area contributed by atoms with Crippen LogP contribution in [-0.4, -0.2) is 79.3 Å². The van der Waals surface area contributed by atoms with Gasteiger partial charge in [-0.15, -0.1) is 0 Å². The summed E-state index contributed by atoms with van der Waals surface area (Å²) in [5, 5.41) is 0.928. The van der Waals surface area contributed by atoms with E-state index in [1.54, 1.807) is 6.20 Å². The van der Waals surface area contributed by atoms with Crippen molar-refractivity contribution >= 4 is 16.8 Å². The SMILES string of the molecule is Cc1ccc2nccc(C(=O)N3CCCOC(CN4CCOCC4)C3)c2c1. The topological polar surface area (TPSA) is 54.9 Å². The summed E-state index contributed by atoms with van der Waals surface area (Å²) in [7, 11) is 0. The molecular formula is C21H27N3O3. The molecule has 0 radical (unpaired) electrons. The number of aromatic nitrogens is 1. The molecule has 27 heavy (non-hydrogen) atoms. The molecule has 2 aliphatic rings. The Morgan fingerprint density at radius 1 is 1.19 bits per heavy atom. The van der Waals surface area contributed by atoms with Crippen LogP contribution in [0.25, 0.3) is 10.9 Å². The van der Waals surface area contributed by atoms with Gasteiger partial charge in [0.1, 0.15) is 0 Å². The number of aryl methyl sites for hydroxylation is 1. The van der Waals surface area contributed by atoms with E-state index in [9.17, 15) is 4.79 Å². The van der Waals surface area contributed by atoms with E-state index >= 15 is 0 Å². The second kappa shape index (κ2) is 8.33. The molecular weight excluding hydrogens is 342 g/mol. The molecule has 2 saturated heterocycles. The van der Waals surface area contributed by atoms with Crippen LogP contribution in [0.1, 0.15) is 22.3 Å². The number of nitrogens with zero attached hydrogens (tertiary/aromatic N) is 3. The fourth-order valence-corrected chi connectivity index (χ4v) is 3.88. The Morgan fingerprint density at radius 2 is 2.04 bits per heavy atom. The zero-order valence-electron chi connectivity index (χ0n) is 15.9. The summed E-state index contributed by atoms with van der Waals surface area (Å²) in [5.74, 6) is 0.0745. The van der Waals surface area contributed by atoms with Crippen molar-refractivity contribution in [3.05, 3.63) is 41.6 Å². The van der Waals surface area contributed by atoms with Gasteiger partial charge < -0.3 is 14.4 Å². The fraction of sp³-hybridized carbons (Fsp3) is 0.524. The van der Waals surface area contributed by atoms with Crippen LogP contribution in [0.5, 0.6) is 0 Å². The van der Waals surface area contributed by atoms with E-state index in [2.05, 4.69) is 16.0 Å². The zero-order valence-corrected chi connectivity index (χ0v) is 15.9. The lowest BCUT2D eigenvalue weighted by Gasteiger charge is -2.31. The first-order valence-electron chi connectivity index (χ1n) is 9.77. The average molecular weight is 369 g/mol. The van der Waals surface area contributed by atoms with Crippen LogP contribution in [0.2, 0.25) is 0 Å². The summed E-state index contributed by atoms with van der Waals surface area (Å²) in [6.45, 7) is 8.37. The highest BCUT2D eigenvalue weighted by molar-refractivity contribution is 6.06. The molecule has 144 valence electrons. The van der Waals surface area contributed by atoms with Crippen molar-refractivity contribution in [2.75, 3.05) is 52.5 Å². The van der Waals surface area contributed by atoms with Crippen molar-refractivity contribution in [1.29, 1.82) is 0 Å². The minimum absolute atomic E-state index is 0.0457. The van der Waals surface area contributed by atoms with Crippen LogP contribution in [-0.2, 0) is 9.47 Å². The maximum atomic E-state index is 13.3. The summed E-state index contributed by atoms with van der Waals surface area (Å²) in [5.41, 5.74) is 2.73. The number of carbonyl (C=O) groups excluding carboxylic acids is 1. The maximum Gasteiger partial charge on any atom is 0.254 e. The quantitative estimate of drug-likeness (QED) is 0.829. The molecule has 1 atom stereocenters. The highest BCUT2D eigenvalue weighted by atomic mass is 16.5. The molecule has 1 aromatic heterocycles. The number of ether oxygens (including phenoxy) is 2. The molecule has 2 aromatic rings. The van der Waals surface area contributed by atoms with Gasteiger partial charge in [-0.05, 0) is 31.5 Å². The second-order valence-electron chi connectivity index (χ2n) is 7.39. The van der Waals surface area contributed by atoms with Crippen molar-refractivity contribution in [2.24, 2.45) is 0 Å². The molecule has 1 aromatic carbocycles. The second-order valence-corrected chi connectivity index (χ2v) is 7.39.